The van der Waals surface area contributed by atoms with Crippen molar-refractivity contribution >= 4 is 17.2 Å². The largest absolute Gasteiger partial charge is 0.393 e. The molecule has 4 heteroatoms. The summed E-state index contributed by atoms with van der Waals surface area (Å²) in [5.41, 5.74) is 5.54. The maximum atomic E-state index is 5.54. The molecule has 0 fully saturated rings. The van der Waals surface area contributed by atoms with Gasteiger partial charge in [0.25, 0.3) is 0 Å². The first-order valence-electron chi connectivity index (χ1n) is 5.13. The molecule has 0 aromatic heterocycles. The zero-order valence-corrected chi connectivity index (χ0v) is 10.3. The second-order valence-electron chi connectivity index (χ2n) is 3.62. The van der Waals surface area contributed by atoms with E-state index in [0.717, 1.165) is 32.7 Å². The van der Waals surface area contributed by atoms with Gasteiger partial charge in [0, 0.05) is 32.2 Å². The fraction of sp³-hybridized carbons (Fsp3) is 0.900. The summed E-state index contributed by atoms with van der Waals surface area (Å²) in [6.07, 6.45) is 1.06. The van der Waals surface area contributed by atoms with Gasteiger partial charge in [-0.3, -0.25) is 0 Å². The number of ether oxygens (including phenoxy) is 1. The lowest BCUT2D eigenvalue weighted by Gasteiger charge is -2.20. The van der Waals surface area contributed by atoms with E-state index in [1.54, 1.807) is 0 Å². The highest BCUT2D eigenvalue weighted by Gasteiger charge is 2.07. The standard InChI is InChI=1S/C10H22N2OS/c1-4-13-7-5-6-12(3)8-9(2)10(11)14/h9H,4-8H2,1-3H3,(H2,11,14). The monoisotopic (exact) mass is 218 g/mol. The lowest BCUT2D eigenvalue weighted by atomic mass is 10.1. The van der Waals surface area contributed by atoms with E-state index in [0.29, 0.717) is 10.9 Å². The highest BCUT2D eigenvalue weighted by Crippen LogP contribution is 1.99. The fourth-order valence-corrected chi connectivity index (χ4v) is 1.30. The Balaban J connectivity index is 3.45. The molecule has 84 valence electrons. The van der Waals surface area contributed by atoms with Gasteiger partial charge in [0.15, 0.2) is 0 Å². The van der Waals surface area contributed by atoms with Crippen LogP contribution >= 0.6 is 12.2 Å². The molecule has 0 aliphatic rings. The minimum absolute atomic E-state index is 0.294. The molecule has 0 aliphatic heterocycles. The topological polar surface area (TPSA) is 38.5 Å². The number of rotatable bonds is 8. The van der Waals surface area contributed by atoms with Crippen LogP contribution in [0.25, 0.3) is 0 Å². The summed E-state index contributed by atoms with van der Waals surface area (Å²) in [5.74, 6) is 0.294. The van der Waals surface area contributed by atoms with E-state index in [1.165, 1.54) is 0 Å². The van der Waals surface area contributed by atoms with Crippen LogP contribution < -0.4 is 5.73 Å². The number of hydrogen-bond donors (Lipinski definition) is 1. The smallest absolute Gasteiger partial charge is 0.0768 e. The molecule has 3 nitrogen and oxygen atoms in total. The minimum Gasteiger partial charge on any atom is -0.393 e. The van der Waals surface area contributed by atoms with Crippen molar-refractivity contribution < 1.29 is 4.74 Å². The Kier molecular flexibility index (Phi) is 8.04. The Morgan fingerprint density at radius 3 is 2.71 bits per heavy atom. The van der Waals surface area contributed by atoms with Gasteiger partial charge in [0.1, 0.15) is 0 Å². The summed E-state index contributed by atoms with van der Waals surface area (Å²) in [5, 5.41) is 0. The predicted molar refractivity (Wildman–Crippen MR) is 64.6 cm³/mol. The summed E-state index contributed by atoms with van der Waals surface area (Å²) in [6.45, 7) is 7.67. The normalized spacial score (nSPS) is 13.1. The van der Waals surface area contributed by atoms with Gasteiger partial charge < -0.3 is 15.4 Å². The third kappa shape index (κ3) is 7.24. The Labute approximate surface area is 92.6 Å². The summed E-state index contributed by atoms with van der Waals surface area (Å²) >= 11 is 4.92. The predicted octanol–water partition coefficient (Wildman–Crippen LogP) is 1.27. The van der Waals surface area contributed by atoms with Crippen LogP contribution in [0.5, 0.6) is 0 Å². The van der Waals surface area contributed by atoms with Gasteiger partial charge in [-0.1, -0.05) is 19.1 Å². The first kappa shape index (κ1) is 13.8. The molecule has 0 saturated carbocycles. The lowest BCUT2D eigenvalue weighted by molar-refractivity contribution is 0.135. The van der Waals surface area contributed by atoms with Crippen molar-refractivity contribution in [2.75, 3.05) is 33.4 Å². The molecule has 1 atom stereocenters. The third-order valence-corrected chi connectivity index (χ3v) is 2.51. The van der Waals surface area contributed by atoms with Gasteiger partial charge in [-0.05, 0) is 20.4 Å². The Morgan fingerprint density at radius 1 is 1.57 bits per heavy atom. The van der Waals surface area contributed by atoms with Gasteiger partial charge in [0.2, 0.25) is 0 Å². The van der Waals surface area contributed by atoms with Crippen molar-refractivity contribution in [2.45, 2.75) is 20.3 Å². The van der Waals surface area contributed by atoms with E-state index in [2.05, 4.69) is 18.9 Å². The van der Waals surface area contributed by atoms with Crippen LogP contribution in [0.2, 0.25) is 0 Å². The summed E-state index contributed by atoms with van der Waals surface area (Å²) in [7, 11) is 2.08. The molecule has 0 saturated heterocycles. The molecular formula is C10H22N2OS. The van der Waals surface area contributed by atoms with E-state index in [4.69, 9.17) is 22.7 Å². The lowest BCUT2D eigenvalue weighted by Crippen LogP contribution is -2.32. The first-order valence-corrected chi connectivity index (χ1v) is 5.54. The fourth-order valence-electron chi connectivity index (χ4n) is 1.23. The van der Waals surface area contributed by atoms with E-state index >= 15 is 0 Å². The molecular weight excluding hydrogens is 196 g/mol. The van der Waals surface area contributed by atoms with Crippen LogP contribution in [0.15, 0.2) is 0 Å². The highest BCUT2D eigenvalue weighted by atomic mass is 32.1. The maximum absolute atomic E-state index is 5.54. The van der Waals surface area contributed by atoms with Crippen molar-refractivity contribution in [3.05, 3.63) is 0 Å². The molecule has 0 rings (SSSR count). The van der Waals surface area contributed by atoms with Crippen molar-refractivity contribution in [2.24, 2.45) is 11.7 Å². The molecule has 0 aliphatic carbocycles. The van der Waals surface area contributed by atoms with Gasteiger partial charge in [-0.15, -0.1) is 0 Å². The number of nitrogens with zero attached hydrogens (tertiary/aromatic N) is 1. The van der Waals surface area contributed by atoms with Crippen LogP contribution in [0.1, 0.15) is 20.3 Å². The molecule has 0 bridgehead atoms. The molecule has 0 radical (unpaired) electrons. The zero-order chi connectivity index (χ0) is 11.0. The van der Waals surface area contributed by atoms with E-state index < -0.39 is 0 Å². The van der Waals surface area contributed by atoms with Gasteiger partial charge in [-0.25, -0.2) is 0 Å². The second-order valence-corrected chi connectivity index (χ2v) is 4.09. The molecule has 0 amide bonds. The zero-order valence-electron chi connectivity index (χ0n) is 9.45. The van der Waals surface area contributed by atoms with Crippen molar-refractivity contribution in [1.29, 1.82) is 0 Å². The van der Waals surface area contributed by atoms with Crippen molar-refractivity contribution in [3.8, 4) is 0 Å². The van der Waals surface area contributed by atoms with Gasteiger partial charge >= 0.3 is 0 Å². The number of thiocarbonyl (C=S) groups is 1. The van der Waals surface area contributed by atoms with Crippen molar-refractivity contribution in [3.63, 3.8) is 0 Å². The van der Waals surface area contributed by atoms with Crippen LogP contribution in [0.3, 0.4) is 0 Å². The van der Waals surface area contributed by atoms with E-state index in [1.807, 2.05) is 6.92 Å². The summed E-state index contributed by atoms with van der Waals surface area (Å²) < 4.78 is 5.26. The second kappa shape index (κ2) is 8.15. The van der Waals surface area contributed by atoms with Gasteiger partial charge in [-0.2, -0.15) is 0 Å². The minimum atomic E-state index is 0.294. The van der Waals surface area contributed by atoms with Crippen LogP contribution in [0, 0.1) is 5.92 Å². The molecule has 14 heavy (non-hydrogen) atoms. The Bertz CT molecular complexity index is 164. The highest BCUT2D eigenvalue weighted by molar-refractivity contribution is 7.80. The quantitative estimate of drug-likeness (QED) is 0.492. The summed E-state index contributed by atoms with van der Waals surface area (Å²) in [4.78, 5) is 2.84. The van der Waals surface area contributed by atoms with Crippen molar-refractivity contribution in [1.82, 2.24) is 4.90 Å². The number of hydrogen-bond acceptors (Lipinski definition) is 3. The molecule has 0 spiro atoms. The average Bonchev–Trinajstić information content (AvgIpc) is 2.12. The van der Waals surface area contributed by atoms with Crippen LogP contribution in [-0.2, 0) is 4.74 Å². The Hall–Kier alpha value is -0.190. The average molecular weight is 218 g/mol. The van der Waals surface area contributed by atoms with Crippen LogP contribution in [-0.4, -0.2) is 43.2 Å². The molecule has 0 aromatic rings. The maximum Gasteiger partial charge on any atom is 0.0768 e. The molecule has 1 unspecified atom stereocenters. The SMILES string of the molecule is CCOCCCN(C)CC(C)C(N)=S. The summed E-state index contributed by atoms with van der Waals surface area (Å²) in [6, 6.07) is 0. The van der Waals surface area contributed by atoms with Crippen LogP contribution in [0.4, 0.5) is 0 Å². The van der Waals surface area contributed by atoms with E-state index in [9.17, 15) is 0 Å². The molecule has 2 N–H and O–H groups in total. The first-order chi connectivity index (χ1) is 6.57. The van der Waals surface area contributed by atoms with E-state index in [-0.39, 0.29) is 0 Å². The molecule has 0 heterocycles. The third-order valence-electron chi connectivity index (χ3n) is 2.10. The van der Waals surface area contributed by atoms with Gasteiger partial charge in [0.05, 0.1) is 4.99 Å². The number of nitrogens with two attached hydrogens (primary N) is 1. The Morgan fingerprint density at radius 2 is 2.21 bits per heavy atom. The molecule has 0 aromatic carbocycles.